The summed E-state index contributed by atoms with van der Waals surface area (Å²) < 4.78 is 37.5. The minimum absolute atomic E-state index is 0.00296. The third-order valence-corrected chi connectivity index (χ3v) is 11.9. The quantitative estimate of drug-likeness (QED) is 0.262. The number of carbonyl (C=O) groups excluding carboxylic acids is 3. The second kappa shape index (κ2) is 15.0. The van der Waals surface area contributed by atoms with Crippen LogP contribution in [-0.2, 0) is 39.6 Å². The summed E-state index contributed by atoms with van der Waals surface area (Å²) in [6, 6.07) is 5.55. The van der Waals surface area contributed by atoms with Crippen LogP contribution in [0.3, 0.4) is 0 Å². The minimum Gasteiger partial charge on any atom is -0.507 e. The maximum absolute atomic E-state index is 13.8. The third-order valence-electron chi connectivity index (χ3n) is 11.9. The zero-order chi connectivity index (χ0) is 38.8. The molecule has 2 aromatic carbocycles. The van der Waals surface area contributed by atoms with Crippen LogP contribution in [0.2, 0.25) is 0 Å². The molecular weight excluding hydrogens is 702 g/mol. The van der Waals surface area contributed by atoms with Crippen LogP contribution in [0.25, 0.3) is 0 Å². The van der Waals surface area contributed by atoms with Crippen molar-refractivity contribution in [1.29, 1.82) is 0 Å². The normalized spacial score (nSPS) is 36.8. The van der Waals surface area contributed by atoms with Crippen molar-refractivity contribution in [1.82, 2.24) is 4.90 Å². The number of hydrogen-bond acceptors (Lipinski definition) is 14. The number of benzene rings is 2. The number of aliphatic hydroxyl groups is 2. The second-order valence-corrected chi connectivity index (χ2v) is 15.6. The van der Waals surface area contributed by atoms with E-state index < -0.39 is 84.5 Å². The number of aryl methyl sites for hydroxylation is 1. The lowest BCUT2D eigenvalue weighted by molar-refractivity contribution is -0.328. The van der Waals surface area contributed by atoms with Crippen LogP contribution >= 0.6 is 0 Å². The standard InChI is InChI=1S/C40H51NO13/c1-7-40(48)14-13-21-15-23-33(34(45)22-9-8-10-26(43)32(22)35(23)46)36(47)31(21)39(40)54-29-16-24(41(5)6)37(19(3)50-29)53-30-17-27(44)38(20(4)51-30)52-28-12-11-25(42)18(2)49-28/h8-10,15,18-20,24,27-30,37-39,43-44,47-48H,7,11-14,16-17H2,1-6H3/t18?,19?,20?,24?,27?,28?,29?,30?,37?,38?,39-,40-/m1/s1. The molecule has 3 saturated heterocycles. The van der Waals surface area contributed by atoms with Gasteiger partial charge in [-0.05, 0) is 71.8 Å². The maximum Gasteiger partial charge on any atom is 0.198 e. The van der Waals surface area contributed by atoms with Gasteiger partial charge in [-0.3, -0.25) is 14.4 Å². The number of rotatable bonds is 8. The van der Waals surface area contributed by atoms with Gasteiger partial charge in [-0.15, -0.1) is 0 Å². The fourth-order valence-electron chi connectivity index (χ4n) is 8.74. The fourth-order valence-corrected chi connectivity index (χ4v) is 8.74. The lowest BCUT2D eigenvalue weighted by Crippen LogP contribution is -2.58. The molecule has 2 aromatic rings. The lowest BCUT2D eigenvalue weighted by Gasteiger charge is -2.48. The first-order valence-corrected chi connectivity index (χ1v) is 18.9. The Morgan fingerprint density at radius 3 is 2.19 bits per heavy atom. The fraction of sp³-hybridized carbons (Fsp3) is 0.625. The van der Waals surface area contributed by atoms with Crippen LogP contribution in [0.5, 0.6) is 11.5 Å². The summed E-state index contributed by atoms with van der Waals surface area (Å²) in [6.45, 7) is 7.15. The van der Waals surface area contributed by atoms with E-state index in [0.717, 1.165) is 0 Å². The number of aromatic hydroxyl groups is 2. The summed E-state index contributed by atoms with van der Waals surface area (Å²) in [5.41, 5.74) is -0.930. The molecule has 14 nitrogen and oxygen atoms in total. The van der Waals surface area contributed by atoms with Crippen molar-refractivity contribution >= 4 is 17.3 Å². The average Bonchev–Trinajstić information content (AvgIpc) is 3.12. The van der Waals surface area contributed by atoms with Gasteiger partial charge < -0.3 is 53.7 Å². The molecule has 4 N–H and O–H groups in total. The molecule has 14 heteroatoms. The molecule has 7 rings (SSSR count). The van der Waals surface area contributed by atoms with Crippen LogP contribution in [0.4, 0.5) is 0 Å². The predicted molar refractivity (Wildman–Crippen MR) is 190 cm³/mol. The van der Waals surface area contributed by atoms with Gasteiger partial charge in [0.2, 0.25) is 0 Å². The molecular formula is C40H51NO13. The monoisotopic (exact) mass is 753 g/mol. The summed E-state index contributed by atoms with van der Waals surface area (Å²) in [6.07, 6.45) is -5.07. The first-order valence-electron chi connectivity index (χ1n) is 18.9. The number of carbonyl (C=O) groups is 3. The Bertz CT molecular complexity index is 1780. The molecule has 294 valence electrons. The van der Waals surface area contributed by atoms with E-state index in [4.69, 9.17) is 28.4 Å². The highest BCUT2D eigenvalue weighted by Gasteiger charge is 2.50. The Balaban J connectivity index is 1.09. The molecule has 0 saturated carbocycles. The maximum atomic E-state index is 13.8. The van der Waals surface area contributed by atoms with E-state index in [1.165, 1.54) is 18.2 Å². The molecule has 0 amide bonds. The van der Waals surface area contributed by atoms with Crippen molar-refractivity contribution in [2.45, 2.75) is 146 Å². The Hall–Kier alpha value is -3.31. The van der Waals surface area contributed by atoms with Crippen LogP contribution in [0.1, 0.15) is 115 Å². The van der Waals surface area contributed by atoms with E-state index in [0.29, 0.717) is 31.2 Å². The first-order chi connectivity index (χ1) is 25.6. The van der Waals surface area contributed by atoms with Crippen molar-refractivity contribution < 1.29 is 63.2 Å². The van der Waals surface area contributed by atoms with Gasteiger partial charge in [0.1, 0.15) is 35.9 Å². The highest BCUT2D eigenvalue weighted by Crippen LogP contribution is 2.50. The van der Waals surface area contributed by atoms with Gasteiger partial charge >= 0.3 is 0 Å². The van der Waals surface area contributed by atoms with Gasteiger partial charge in [0, 0.05) is 48.4 Å². The van der Waals surface area contributed by atoms with Crippen molar-refractivity contribution in [2.75, 3.05) is 14.1 Å². The molecule has 12 atom stereocenters. The summed E-state index contributed by atoms with van der Waals surface area (Å²) in [5, 5.41) is 45.4. The van der Waals surface area contributed by atoms with Gasteiger partial charge in [0.25, 0.3) is 0 Å². The zero-order valence-corrected chi connectivity index (χ0v) is 31.5. The molecule has 0 spiro atoms. The van der Waals surface area contributed by atoms with Gasteiger partial charge in [-0.1, -0.05) is 19.1 Å². The molecule has 0 aromatic heterocycles. The minimum atomic E-state index is -1.43. The Morgan fingerprint density at radius 2 is 1.52 bits per heavy atom. The van der Waals surface area contributed by atoms with Crippen molar-refractivity contribution in [3.63, 3.8) is 0 Å². The summed E-state index contributed by atoms with van der Waals surface area (Å²) in [5.74, 6) is -1.89. The zero-order valence-electron chi connectivity index (χ0n) is 31.5. The summed E-state index contributed by atoms with van der Waals surface area (Å²) in [7, 11) is 3.81. The topological polar surface area (TPSA) is 191 Å². The number of aliphatic hydroxyl groups excluding tert-OH is 1. The number of Topliss-reactive ketones (excluding diaryl/α,β-unsaturated/α-hetero) is 1. The predicted octanol–water partition coefficient (Wildman–Crippen LogP) is 3.44. The van der Waals surface area contributed by atoms with E-state index >= 15 is 0 Å². The first kappa shape index (κ1) is 38.9. The van der Waals surface area contributed by atoms with Crippen molar-refractivity contribution in [2.24, 2.45) is 0 Å². The van der Waals surface area contributed by atoms with Crippen LogP contribution in [-0.4, -0.2) is 124 Å². The molecule has 3 heterocycles. The molecule has 5 aliphatic rings. The van der Waals surface area contributed by atoms with E-state index in [-0.39, 0.29) is 64.7 Å². The molecule has 0 radical (unpaired) electrons. The second-order valence-electron chi connectivity index (χ2n) is 15.6. The Morgan fingerprint density at radius 1 is 0.852 bits per heavy atom. The van der Waals surface area contributed by atoms with Gasteiger partial charge in [-0.25, -0.2) is 0 Å². The number of phenols is 2. The average molecular weight is 754 g/mol. The number of likely N-dealkylation sites (N-methyl/N-ethyl adjacent to an activating group) is 1. The molecule has 2 aliphatic carbocycles. The Kier molecular flexibility index (Phi) is 10.8. The molecule has 54 heavy (non-hydrogen) atoms. The number of ketones is 3. The highest BCUT2D eigenvalue weighted by molar-refractivity contribution is 6.30. The highest BCUT2D eigenvalue weighted by atomic mass is 16.7. The number of fused-ring (bicyclic) bond motifs is 3. The van der Waals surface area contributed by atoms with Gasteiger partial charge in [0.15, 0.2) is 36.2 Å². The van der Waals surface area contributed by atoms with E-state index in [1.54, 1.807) is 19.9 Å². The molecule has 0 bridgehead atoms. The van der Waals surface area contributed by atoms with Crippen LogP contribution in [0, 0.1) is 0 Å². The summed E-state index contributed by atoms with van der Waals surface area (Å²) >= 11 is 0. The van der Waals surface area contributed by atoms with E-state index in [2.05, 4.69) is 0 Å². The van der Waals surface area contributed by atoms with Crippen LogP contribution < -0.4 is 0 Å². The molecule has 10 unspecified atom stereocenters. The molecule has 3 aliphatic heterocycles. The number of phenolic OH excluding ortho intramolecular Hbond substituents is 2. The third kappa shape index (κ3) is 6.90. The molecule has 3 fully saturated rings. The Labute approximate surface area is 314 Å². The number of nitrogens with zero attached hydrogens (tertiary/aromatic N) is 1. The van der Waals surface area contributed by atoms with Gasteiger partial charge in [-0.2, -0.15) is 0 Å². The lowest BCUT2D eigenvalue weighted by atomic mass is 9.72. The summed E-state index contributed by atoms with van der Waals surface area (Å²) in [4.78, 5) is 41.2. The van der Waals surface area contributed by atoms with Crippen molar-refractivity contribution in [3.05, 3.63) is 57.6 Å². The number of ether oxygens (including phenoxy) is 6. The van der Waals surface area contributed by atoms with Crippen molar-refractivity contribution in [3.8, 4) is 11.5 Å². The SMILES string of the molecule is CC[C@@]1(O)CCc2cc3c(c(O)c2[C@H]1OC1CC(N(C)C)C(OC2CC(O)C(OC4CCC(=O)C(C)O4)C(C)O2)C(C)O1)C(=O)c1cccc(O)c1C3=O. The van der Waals surface area contributed by atoms with Crippen LogP contribution in [0.15, 0.2) is 24.3 Å². The largest absolute Gasteiger partial charge is 0.507 e. The number of hydrogen-bond donors (Lipinski definition) is 4. The van der Waals surface area contributed by atoms with E-state index in [9.17, 15) is 34.8 Å². The van der Waals surface area contributed by atoms with E-state index in [1.807, 2.05) is 32.8 Å². The smallest absolute Gasteiger partial charge is 0.198 e. The van der Waals surface area contributed by atoms with Gasteiger partial charge in [0.05, 0.1) is 35.0 Å².